The topological polar surface area (TPSA) is 66.0 Å². The number of halogens is 1. The molecule has 1 unspecified atom stereocenters. The molecule has 5 heteroatoms. The van der Waals surface area contributed by atoms with Crippen molar-refractivity contribution >= 4 is 11.6 Å². The highest BCUT2D eigenvalue weighted by atomic mass is 35.5. The lowest BCUT2D eigenvalue weighted by Crippen LogP contribution is -2.12. The Morgan fingerprint density at radius 2 is 2.40 bits per heavy atom. The third-order valence-electron chi connectivity index (χ3n) is 2.13. The van der Waals surface area contributed by atoms with E-state index in [9.17, 15) is 9.90 Å². The molecule has 2 N–H and O–H groups in total. The summed E-state index contributed by atoms with van der Waals surface area (Å²) in [5.74, 6) is 0.0811. The fourth-order valence-corrected chi connectivity index (χ4v) is 1.71. The molecular formula is C10H9ClN2O2. The van der Waals surface area contributed by atoms with Crippen molar-refractivity contribution in [2.24, 2.45) is 0 Å². The molecule has 0 saturated carbocycles. The molecule has 0 amide bonds. The third kappa shape index (κ3) is 2.27. The van der Waals surface area contributed by atoms with Gasteiger partial charge in [-0.05, 0) is 12.5 Å². The maximum atomic E-state index is 11.1. The second kappa shape index (κ2) is 3.90. The Kier molecular flexibility index (Phi) is 2.60. The minimum atomic E-state index is -0.364. The van der Waals surface area contributed by atoms with E-state index >= 15 is 0 Å². The molecule has 1 aromatic heterocycles. The minimum Gasteiger partial charge on any atom is -0.493 e. The van der Waals surface area contributed by atoms with Gasteiger partial charge in [0.1, 0.15) is 5.82 Å². The van der Waals surface area contributed by atoms with Gasteiger partial charge in [-0.2, -0.15) is 4.98 Å². The van der Waals surface area contributed by atoms with E-state index < -0.39 is 0 Å². The lowest BCUT2D eigenvalue weighted by Gasteiger charge is -2.13. The van der Waals surface area contributed by atoms with Crippen LogP contribution >= 0.6 is 11.6 Å². The van der Waals surface area contributed by atoms with Crippen molar-refractivity contribution in [1.29, 1.82) is 0 Å². The number of nitrogens with zero attached hydrogens (tertiary/aromatic N) is 1. The van der Waals surface area contributed by atoms with Gasteiger partial charge in [0.2, 0.25) is 5.88 Å². The van der Waals surface area contributed by atoms with Crippen LogP contribution in [0.3, 0.4) is 0 Å². The second-order valence-corrected chi connectivity index (χ2v) is 3.72. The summed E-state index contributed by atoms with van der Waals surface area (Å²) in [7, 11) is 0. The van der Waals surface area contributed by atoms with Crippen LogP contribution in [-0.4, -0.2) is 15.1 Å². The van der Waals surface area contributed by atoms with Crippen LogP contribution in [0.25, 0.3) is 0 Å². The number of aromatic nitrogens is 2. The molecule has 0 aliphatic heterocycles. The quantitative estimate of drug-likeness (QED) is 0.762. The van der Waals surface area contributed by atoms with Crippen molar-refractivity contribution < 1.29 is 5.11 Å². The van der Waals surface area contributed by atoms with Crippen LogP contribution in [0.15, 0.2) is 34.1 Å². The number of aromatic hydroxyl groups is 1. The number of rotatable bonds is 1. The van der Waals surface area contributed by atoms with Gasteiger partial charge in [-0.3, -0.25) is 4.79 Å². The highest BCUT2D eigenvalue weighted by Gasteiger charge is 2.14. The number of hydrogen-bond donors (Lipinski definition) is 2. The average Bonchev–Trinajstić information content (AvgIpc) is 2.16. The first-order chi connectivity index (χ1) is 7.15. The van der Waals surface area contributed by atoms with Crippen molar-refractivity contribution in [2.45, 2.75) is 12.3 Å². The van der Waals surface area contributed by atoms with Crippen LogP contribution in [0.1, 0.15) is 18.2 Å². The number of nitrogens with one attached hydrogen (secondary N) is 1. The fraction of sp³-hybridized carbons (Fsp3) is 0.200. The zero-order chi connectivity index (χ0) is 10.8. The summed E-state index contributed by atoms with van der Waals surface area (Å²) >= 11 is 5.83. The Morgan fingerprint density at radius 1 is 1.60 bits per heavy atom. The predicted molar refractivity (Wildman–Crippen MR) is 57.0 cm³/mol. The van der Waals surface area contributed by atoms with Crippen LogP contribution in [0.4, 0.5) is 0 Å². The second-order valence-electron chi connectivity index (χ2n) is 3.28. The van der Waals surface area contributed by atoms with Crippen molar-refractivity contribution in [3.8, 4) is 5.88 Å². The molecule has 1 aliphatic rings. The van der Waals surface area contributed by atoms with Gasteiger partial charge in [0, 0.05) is 11.0 Å². The molecule has 1 heterocycles. The molecule has 1 atom stereocenters. The zero-order valence-electron chi connectivity index (χ0n) is 7.77. The highest BCUT2D eigenvalue weighted by molar-refractivity contribution is 6.31. The lowest BCUT2D eigenvalue weighted by atomic mass is 10.00. The van der Waals surface area contributed by atoms with Gasteiger partial charge in [0.25, 0.3) is 5.56 Å². The first-order valence-corrected chi connectivity index (χ1v) is 4.87. The summed E-state index contributed by atoms with van der Waals surface area (Å²) < 4.78 is 0. The number of H-pyrrole nitrogens is 1. The Balaban J connectivity index is 2.38. The van der Waals surface area contributed by atoms with Crippen molar-refractivity contribution in [1.82, 2.24) is 9.97 Å². The van der Waals surface area contributed by atoms with Crippen LogP contribution in [0, 0.1) is 0 Å². The molecule has 78 valence electrons. The van der Waals surface area contributed by atoms with E-state index in [1.807, 2.05) is 6.08 Å². The molecule has 1 aromatic rings. The maximum Gasteiger partial charge on any atom is 0.254 e. The smallest absolute Gasteiger partial charge is 0.254 e. The van der Waals surface area contributed by atoms with Crippen LogP contribution < -0.4 is 5.56 Å². The Hall–Kier alpha value is -1.55. The Labute approximate surface area is 90.9 Å². The van der Waals surface area contributed by atoms with E-state index in [1.165, 1.54) is 0 Å². The molecule has 15 heavy (non-hydrogen) atoms. The van der Waals surface area contributed by atoms with E-state index in [0.717, 1.165) is 6.07 Å². The van der Waals surface area contributed by atoms with Crippen LogP contribution in [0.2, 0.25) is 0 Å². The summed E-state index contributed by atoms with van der Waals surface area (Å²) in [6.45, 7) is 0. The fourth-order valence-electron chi connectivity index (χ4n) is 1.47. The lowest BCUT2D eigenvalue weighted by molar-refractivity contribution is 0.446. The SMILES string of the molecule is O=c1cc(O)nc(C2C=C(Cl)C=CC2)[nH]1. The molecule has 4 nitrogen and oxygen atoms in total. The van der Waals surface area contributed by atoms with Gasteiger partial charge in [-0.1, -0.05) is 23.8 Å². The van der Waals surface area contributed by atoms with Gasteiger partial charge in [0.15, 0.2) is 0 Å². The molecular weight excluding hydrogens is 216 g/mol. The van der Waals surface area contributed by atoms with Crippen molar-refractivity contribution in [3.63, 3.8) is 0 Å². The molecule has 0 aromatic carbocycles. The van der Waals surface area contributed by atoms with Crippen LogP contribution in [0.5, 0.6) is 5.88 Å². The Bertz CT molecular complexity index is 490. The molecule has 2 rings (SSSR count). The first kappa shape index (κ1) is 9.98. The average molecular weight is 225 g/mol. The predicted octanol–water partition coefficient (Wildman–Crippen LogP) is 1.64. The molecule has 0 saturated heterocycles. The number of aromatic amines is 1. The highest BCUT2D eigenvalue weighted by Crippen LogP contribution is 2.26. The standard InChI is InChI=1S/C10H9ClN2O2/c11-7-3-1-2-6(4-7)10-12-8(14)5-9(15)13-10/h1,3-6H,2H2,(H2,12,13,14,15). The van der Waals surface area contributed by atoms with Gasteiger partial charge < -0.3 is 10.1 Å². The molecule has 0 bridgehead atoms. The van der Waals surface area contributed by atoms with Gasteiger partial charge in [0.05, 0.1) is 6.07 Å². The zero-order valence-corrected chi connectivity index (χ0v) is 8.53. The van der Waals surface area contributed by atoms with Crippen molar-refractivity contribution in [3.05, 3.63) is 45.5 Å². The van der Waals surface area contributed by atoms with E-state index in [2.05, 4.69) is 9.97 Å². The minimum absolute atomic E-state index is 0.0812. The van der Waals surface area contributed by atoms with E-state index in [0.29, 0.717) is 17.3 Å². The summed E-state index contributed by atoms with van der Waals surface area (Å²) in [6.07, 6.45) is 6.19. The summed E-state index contributed by atoms with van der Waals surface area (Å²) in [5.41, 5.74) is -0.364. The summed E-state index contributed by atoms with van der Waals surface area (Å²) in [5, 5.41) is 9.80. The largest absolute Gasteiger partial charge is 0.493 e. The monoisotopic (exact) mass is 224 g/mol. The maximum absolute atomic E-state index is 11.1. The molecule has 0 radical (unpaired) electrons. The van der Waals surface area contributed by atoms with E-state index in [-0.39, 0.29) is 17.4 Å². The molecule has 0 fully saturated rings. The van der Waals surface area contributed by atoms with Gasteiger partial charge >= 0.3 is 0 Å². The third-order valence-corrected chi connectivity index (χ3v) is 2.38. The van der Waals surface area contributed by atoms with Crippen LogP contribution in [-0.2, 0) is 0 Å². The number of allylic oxidation sites excluding steroid dienone is 4. The van der Waals surface area contributed by atoms with Gasteiger partial charge in [-0.15, -0.1) is 0 Å². The van der Waals surface area contributed by atoms with E-state index in [1.54, 1.807) is 12.2 Å². The molecule has 1 aliphatic carbocycles. The Morgan fingerprint density at radius 3 is 3.07 bits per heavy atom. The summed E-state index contributed by atoms with van der Waals surface area (Å²) in [4.78, 5) is 17.5. The molecule has 0 spiro atoms. The van der Waals surface area contributed by atoms with Gasteiger partial charge in [-0.25, -0.2) is 0 Å². The van der Waals surface area contributed by atoms with E-state index in [4.69, 9.17) is 11.6 Å². The number of hydrogen-bond acceptors (Lipinski definition) is 3. The summed E-state index contributed by atoms with van der Waals surface area (Å²) in [6, 6.07) is 1.04. The first-order valence-electron chi connectivity index (χ1n) is 4.49. The normalized spacial score (nSPS) is 20.1. The van der Waals surface area contributed by atoms with Crippen molar-refractivity contribution in [2.75, 3.05) is 0 Å².